The van der Waals surface area contributed by atoms with Gasteiger partial charge in [-0.2, -0.15) is 0 Å². The van der Waals surface area contributed by atoms with Gasteiger partial charge in [-0.3, -0.25) is 9.69 Å². The monoisotopic (exact) mass is 265 g/mol. The van der Waals surface area contributed by atoms with Crippen molar-refractivity contribution in [3.63, 3.8) is 0 Å². The summed E-state index contributed by atoms with van der Waals surface area (Å²) >= 11 is 0. The molecule has 1 unspecified atom stereocenters. The zero-order valence-electron chi connectivity index (χ0n) is 10.1. The molecule has 1 aliphatic rings. The van der Waals surface area contributed by atoms with Crippen LogP contribution in [0.25, 0.3) is 0 Å². The van der Waals surface area contributed by atoms with Crippen molar-refractivity contribution in [1.29, 1.82) is 0 Å². The van der Waals surface area contributed by atoms with Crippen LogP contribution in [0.4, 0.5) is 13.6 Å². The molecular formula is C10H17F2N3O3. The number of carbonyl (C=O) groups excluding carboxylic acids is 1. The fourth-order valence-corrected chi connectivity index (χ4v) is 1.74. The van der Waals surface area contributed by atoms with Crippen LogP contribution >= 0.6 is 0 Å². The molecule has 0 radical (unpaired) electrons. The summed E-state index contributed by atoms with van der Waals surface area (Å²) in [5, 5.41) is 11.0. The molecule has 0 saturated carbocycles. The molecule has 1 aliphatic heterocycles. The van der Waals surface area contributed by atoms with E-state index in [1.54, 1.807) is 11.8 Å². The lowest BCUT2D eigenvalue weighted by Crippen LogP contribution is -2.55. The molecular weight excluding hydrogens is 248 g/mol. The first kappa shape index (κ1) is 14.6. The number of urea groups is 1. The smallest absolute Gasteiger partial charge is 0.320 e. The van der Waals surface area contributed by atoms with Gasteiger partial charge in [0.25, 0.3) is 6.43 Å². The van der Waals surface area contributed by atoms with Crippen LogP contribution in [0.15, 0.2) is 0 Å². The second-order valence-electron chi connectivity index (χ2n) is 4.11. The first-order chi connectivity index (χ1) is 8.41. The van der Waals surface area contributed by atoms with Gasteiger partial charge in [0, 0.05) is 26.2 Å². The average Bonchev–Trinajstić information content (AvgIpc) is 2.35. The molecule has 2 amide bonds. The third-order valence-electron chi connectivity index (χ3n) is 2.91. The van der Waals surface area contributed by atoms with Crippen LogP contribution in [-0.4, -0.2) is 72.1 Å². The van der Waals surface area contributed by atoms with Crippen LogP contribution in [0.2, 0.25) is 0 Å². The number of hydrogen-bond acceptors (Lipinski definition) is 3. The number of halogens is 2. The number of amides is 2. The molecule has 0 spiro atoms. The number of nitrogens with zero attached hydrogens (tertiary/aromatic N) is 2. The Labute approximate surface area is 104 Å². The lowest BCUT2D eigenvalue weighted by molar-refractivity contribution is -0.143. The molecule has 0 bridgehead atoms. The molecule has 1 heterocycles. The Morgan fingerprint density at radius 2 is 1.83 bits per heavy atom. The van der Waals surface area contributed by atoms with E-state index in [9.17, 15) is 18.4 Å². The maximum atomic E-state index is 11.9. The molecule has 1 saturated heterocycles. The summed E-state index contributed by atoms with van der Waals surface area (Å²) in [6, 6.07) is -1.13. The molecule has 6 nitrogen and oxygen atoms in total. The van der Waals surface area contributed by atoms with Gasteiger partial charge in [0.2, 0.25) is 0 Å². The van der Waals surface area contributed by atoms with Crippen molar-refractivity contribution in [2.24, 2.45) is 0 Å². The van der Waals surface area contributed by atoms with Gasteiger partial charge in [0.15, 0.2) is 0 Å². The largest absolute Gasteiger partial charge is 0.480 e. The number of alkyl halides is 2. The maximum absolute atomic E-state index is 11.9. The van der Waals surface area contributed by atoms with Crippen molar-refractivity contribution < 1.29 is 23.5 Å². The predicted octanol–water partition coefficient (Wildman–Crippen LogP) is 0.0518. The molecule has 8 heteroatoms. The van der Waals surface area contributed by atoms with Gasteiger partial charge in [-0.15, -0.1) is 0 Å². The summed E-state index contributed by atoms with van der Waals surface area (Å²) in [7, 11) is 0. The van der Waals surface area contributed by atoms with E-state index in [1.165, 1.54) is 4.90 Å². The number of hydrogen-bond donors (Lipinski definition) is 2. The van der Waals surface area contributed by atoms with E-state index in [4.69, 9.17) is 5.11 Å². The minimum absolute atomic E-state index is 0.340. The highest BCUT2D eigenvalue weighted by Crippen LogP contribution is 2.06. The van der Waals surface area contributed by atoms with Crippen LogP contribution in [0.1, 0.15) is 6.92 Å². The third-order valence-corrected chi connectivity index (χ3v) is 2.91. The van der Waals surface area contributed by atoms with Gasteiger partial charge in [-0.1, -0.05) is 0 Å². The Morgan fingerprint density at radius 3 is 2.28 bits per heavy atom. The Balaban J connectivity index is 2.35. The highest BCUT2D eigenvalue weighted by atomic mass is 19.3. The maximum Gasteiger partial charge on any atom is 0.320 e. The number of carboxylic acids is 1. The van der Waals surface area contributed by atoms with Crippen molar-refractivity contribution in [3.05, 3.63) is 0 Å². The first-order valence-electron chi connectivity index (χ1n) is 5.69. The molecule has 1 rings (SSSR count). The van der Waals surface area contributed by atoms with E-state index < -0.39 is 31.0 Å². The van der Waals surface area contributed by atoms with Crippen molar-refractivity contribution in [2.75, 3.05) is 32.7 Å². The van der Waals surface area contributed by atoms with Gasteiger partial charge in [0.05, 0.1) is 6.54 Å². The zero-order chi connectivity index (χ0) is 13.7. The number of carbonyl (C=O) groups is 2. The fraction of sp³-hybridized carbons (Fsp3) is 0.800. The molecule has 0 aromatic rings. The quantitative estimate of drug-likeness (QED) is 0.753. The molecule has 0 aromatic carbocycles. The number of nitrogens with one attached hydrogen (secondary N) is 1. The first-order valence-corrected chi connectivity index (χ1v) is 5.69. The number of aliphatic carboxylic acids is 1. The summed E-state index contributed by atoms with van der Waals surface area (Å²) in [6.45, 7) is 2.45. The Hall–Kier alpha value is -1.44. The van der Waals surface area contributed by atoms with Crippen molar-refractivity contribution in [3.8, 4) is 0 Å². The standard InChI is InChI=1S/C10H17F2N3O3/c1-7(9(16)17)14-2-4-15(5-3-14)10(18)13-6-8(11)12/h7-8H,2-6H2,1H3,(H,13,18)(H,16,17). The van der Waals surface area contributed by atoms with Gasteiger partial charge in [-0.25, -0.2) is 13.6 Å². The predicted molar refractivity (Wildman–Crippen MR) is 59.6 cm³/mol. The van der Waals surface area contributed by atoms with E-state index in [0.717, 1.165) is 0 Å². The van der Waals surface area contributed by atoms with E-state index >= 15 is 0 Å². The lowest BCUT2D eigenvalue weighted by atomic mass is 10.2. The van der Waals surface area contributed by atoms with E-state index in [2.05, 4.69) is 5.32 Å². The molecule has 1 fully saturated rings. The van der Waals surface area contributed by atoms with Gasteiger partial charge in [0.1, 0.15) is 6.04 Å². The topological polar surface area (TPSA) is 72.9 Å². The van der Waals surface area contributed by atoms with Crippen LogP contribution in [0.3, 0.4) is 0 Å². The fourth-order valence-electron chi connectivity index (χ4n) is 1.74. The summed E-state index contributed by atoms with van der Waals surface area (Å²) < 4.78 is 23.8. The summed E-state index contributed by atoms with van der Waals surface area (Å²) in [5.41, 5.74) is 0. The molecule has 0 aliphatic carbocycles. The SMILES string of the molecule is CC(C(=O)O)N1CCN(C(=O)NCC(F)F)CC1. The van der Waals surface area contributed by atoms with Gasteiger partial charge in [-0.05, 0) is 6.92 Å². The second-order valence-corrected chi connectivity index (χ2v) is 4.11. The van der Waals surface area contributed by atoms with Crippen LogP contribution in [0.5, 0.6) is 0 Å². The molecule has 2 N–H and O–H groups in total. The lowest BCUT2D eigenvalue weighted by Gasteiger charge is -2.36. The van der Waals surface area contributed by atoms with E-state index in [1.807, 2.05) is 0 Å². The molecule has 18 heavy (non-hydrogen) atoms. The number of carboxylic acid groups (broad SMARTS) is 1. The van der Waals surface area contributed by atoms with Crippen molar-refractivity contribution in [2.45, 2.75) is 19.4 Å². The van der Waals surface area contributed by atoms with Crippen LogP contribution < -0.4 is 5.32 Å². The van der Waals surface area contributed by atoms with Crippen molar-refractivity contribution >= 4 is 12.0 Å². The van der Waals surface area contributed by atoms with Crippen LogP contribution in [-0.2, 0) is 4.79 Å². The second kappa shape index (κ2) is 6.48. The Morgan fingerprint density at radius 1 is 1.28 bits per heavy atom. The highest BCUT2D eigenvalue weighted by Gasteiger charge is 2.27. The Kier molecular flexibility index (Phi) is 5.26. The summed E-state index contributed by atoms with van der Waals surface area (Å²) in [5.74, 6) is -0.911. The highest BCUT2D eigenvalue weighted by molar-refractivity contribution is 5.74. The minimum atomic E-state index is -2.57. The van der Waals surface area contributed by atoms with Crippen molar-refractivity contribution in [1.82, 2.24) is 15.1 Å². The Bertz CT molecular complexity index is 307. The van der Waals surface area contributed by atoms with E-state index in [0.29, 0.717) is 26.2 Å². The normalized spacial score (nSPS) is 18.8. The van der Waals surface area contributed by atoms with Crippen LogP contribution in [0, 0.1) is 0 Å². The number of piperazine rings is 1. The summed E-state index contributed by atoms with van der Waals surface area (Å²) in [6.07, 6.45) is -2.57. The number of rotatable bonds is 4. The van der Waals surface area contributed by atoms with Gasteiger partial charge < -0.3 is 15.3 Å². The average molecular weight is 265 g/mol. The minimum Gasteiger partial charge on any atom is -0.480 e. The molecule has 0 aromatic heterocycles. The zero-order valence-corrected chi connectivity index (χ0v) is 10.1. The third kappa shape index (κ3) is 4.10. The van der Waals surface area contributed by atoms with E-state index in [-0.39, 0.29) is 0 Å². The van der Waals surface area contributed by atoms with Gasteiger partial charge >= 0.3 is 12.0 Å². The molecule has 1 atom stereocenters. The summed E-state index contributed by atoms with van der Waals surface area (Å²) in [4.78, 5) is 25.4. The molecule has 104 valence electrons.